The molecule has 0 saturated heterocycles. The fourth-order valence-corrected chi connectivity index (χ4v) is 1.77. The molecule has 2 heterocycles. The Morgan fingerprint density at radius 1 is 1.30 bits per heavy atom. The number of rotatable bonds is 5. The highest BCUT2D eigenvalue weighted by atomic mass is 35.5. The first-order chi connectivity index (χ1) is 9.99. The molecule has 0 saturated carbocycles. The summed E-state index contributed by atoms with van der Waals surface area (Å²) in [7, 11) is 0. The second-order valence-electron chi connectivity index (χ2n) is 5.22. The molecule has 1 amide bonds. The van der Waals surface area contributed by atoms with Crippen molar-refractivity contribution in [2.24, 2.45) is 11.7 Å². The maximum Gasteiger partial charge on any atom is 0.249 e. The van der Waals surface area contributed by atoms with E-state index in [1.807, 2.05) is 19.9 Å². The second kappa shape index (κ2) is 9.44. The van der Waals surface area contributed by atoms with Gasteiger partial charge in [0.25, 0.3) is 0 Å². The minimum Gasteiger partial charge on any atom is -0.343 e. The number of hydrogen-bond donors (Lipinski definition) is 2. The highest BCUT2D eigenvalue weighted by Crippen LogP contribution is 2.23. The lowest BCUT2D eigenvalue weighted by atomic mass is 10.0. The van der Waals surface area contributed by atoms with Gasteiger partial charge in [-0.2, -0.15) is 4.98 Å². The molecule has 0 aliphatic heterocycles. The number of nitrogens with one attached hydrogen (secondary N) is 1. The van der Waals surface area contributed by atoms with Crippen LogP contribution < -0.4 is 11.1 Å². The minimum absolute atomic E-state index is 0. The van der Waals surface area contributed by atoms with E-state index in [2.05, 4.69) is 20.4 Å². The Bertz CT molecular complexity index is 604. The zero-order chi connectivity index (χ0) is 15.4. The molecule has 0 bridgehead atoms. The zero-order valence-corrected chi connectivity index (χ0v) is 14.7. The summed E-state index contributed by atoms with van der Waals surface area (Å²) >= 11 is 0. The summed E-state index contributed by atoms with van der Waals surface area (Å²) in [5.41, 5.74) is 6.33. The van der Waals surface area contributed by atoms with Gasteiger partial charge in [-0.1, -0.05) is 19.0 Å². The third-order valence-corrected chi connectivity index (χ3v) is 3.01. The van der Waals surface area contributed by atoms with Crippen molar-refractivity contribution < 1.29 is 9.32 Å². The third kappa shape index (κ3) is 5.46. The Hall–Kier alpha value is -1.70. The van der Waals surface area contributed by atoms with E-state index in [9.17, 15) is 4.79 Å². The quantitative estimate of drug-likeness (QED) is 0.844. The van der Waals surface area contributed by atoms with Crippen molar-refractivity contribution in [2.45, 2.75) is 32.9 Å². The number of aromatic nitrogens is 3. The maximum absolute atomic E-state index is 11.8. The molecule has 7 nitrogen and oxygen atoms in total. The lowest BCUT2D eigenvalue weighted by Crippen LogP contribution is -2.41. The normalized spacial score (nSPS) is 12.7. The molecule has 2 rings (SSSR count). The van der Waals surface area contributed by atoms with Gasteiger partial charge < -0.3 is 15.6 Å². The molecule has 2 aromatic rings. The SMILES string of the molecule is CC(C)C(NC(=O)[C@@H](C)N)c1nc(-c2cccnc2)no1.Cl.Cl. The van der Waals surface area contributed by atoms with Crippen LogP contribution in [0.25, 0.3) is 11.4 Å². The molecule has 0 radical (unpaired) electrons. The van der Waals surface area contributed by atoms with Gasteiger partial charge >= 0.3 is 0 Å². The number of pyridine rings is 1. The van der Waals surface area contributed by atoms with Crippen molar-refractivity contribution in [2.75, 3.05) is 0 Å². The first-order valence-corrected chi connectivity index (χ1v) is 6.79. The number of halogens is 2. The van der Waals surface area contributed by atoms with E-state index in [4.69, 9.17) is 10.3 Å². The maximum atomic E-state index is 11.8. The summed E-state index contributed by atoms with van der Waals surface area (Å²) in [6.07, 6.45) is 3.32. The van der Waals surface area contributed by atoms with Gasteiger partial charge in [-0.3, -0.25) is 9.78 Å². The highest BCUT2D eigenvalue weighted by molar-refractivity contribution is 5.85. The largest absolute Gasteiger partial charge is 0.343 e. The number of amides is 1. The molecule has 0 spiro atoms. The lowest BCUT2D eigenvalue weighted by Gasteiger charge is -2.19. The highest BCUT2D eigenvalue weighted by Gasteiger charge is 2.25. The van der Waals surface area contributed by atoms with Crippen LogP contribution in [-0.2, 0) is 4.79 Å². The molecule has 128 valence electrons. The Morgan fingerprint density at radius 3 is 2.52 bits per heavy atom. The van der Waals surface area contributed by atoms with Crippen molar-refractivity contribution in [1.82, 2.24) is 20.4 Å². The standard InChI is InChI=1S/C14H19N5O2.2ClH/c1-8(2)11(17-13(20)9(3)15)14-18-12(19-21-14)10-5-4-6-16-7-10;;/h4-9,11H,15H2,1-3H3,(H,17,20);2*1H/t9-,11?;;/m1../s1. The number of nitrogens with zero attached hydrogens (tertiary/aromatic N) is 3. The van der Waals surface area contributed by atoms with Gasteiger partial charge in [0.1, 0.15) is 6.04 Å². The first-order valence-electron chi connectivity index (χ1n) is 6.79. The Labute approximate surface area is 147 Å². The third-order valence-electron chi connectivity index (χ3n) is 3.01. The van der Waals surface area contributed by atoms with Gasteiger partial charge in [0, 0.05) is 18.0 Å². The Kier molecular flexibility index (Phi) is 8.74. The number of nitrogens with two attached hydrogens (primary N) is 1. The summed E-state index contributed by atoms with van der Waals surface area (Å²) in [5, 5.41) is 6.75. The van der Waals surface area contributed by atoms with Crippen LogP contribution in [0.2, 0.25) is 0 Å². The Morgan fingerprint density at radius 2 is 2.00 bits per heavy atom. The van der Waals surface area contributed by atoms with E-state index in [1.165, 1.54) is 0 Å². The molecule has 2 atom stereocenters. The van der Waals surface area contributed by atoms with Crippen molar-refractivity contribution in [3.8, 4) is 11.4 Å². The van der Waals surface area contributed by atoms with E-state index in [0.717, 1.165) is 5.56 Å². The fraction of sp³-hybridized carbons (Fsp3) is 0.429. The summed E-state index contributed by atoms with van der Waals surface area (Å²) in [6, 6.07) is 2.67. The van der Waals surface area contributed by atoms with Crippen LogP contribution in [0.4, 0.5) is 0 Å². The molecule has 0 fully saturated rings. The molecule has 2 aromatic heterocycles. The van der Waals surface area contributed by atoms with Crippen LogP contribution >= 0.6 is 24.8 Å². The summed E-state index contributed by atoms with van der Waals surface area (Å²) in [5.74, 6) is 0.640. The van der Waals surface area contributed by atoms with Crippen molar-refractivity contribution >= 4 is 30.7 Å². The molecule has 9 heteroatoms. The van der Waals surface area contributed by atoms with Crippen LogP contribution in [0.15, 0.2) is 29.0 Å². The predicted octanol–water partition coefficient (Wildman–Crippen LogP) is 2.14. The molecule has 0 aromatic carbocycles. The van der Waals surface area contributed by atoms with Gasteiger partial charge in [0.15, 0.2) is 0 Å². The smallest absolute Gasteiger partial charge is 0.249 e. The van der Waals surface area contributed by atoms with Crippen molar-refractivity contribution in [3.05, 3.63) is 30.4 Å². The molecule has 23 heavy (non-hydrogen) atoms. The van der Waals surface area contributed by atoms with E-state index in [0.29, 0.717) is 11.7 Å². The zero-order valence-electron chi connectivity index (χ0n) is 13.1. The Balaban J connectivity index is 0.00000242. The molecular formula is C14H21Cl2N5O2. The van der Waals surface area contributed by atoms with E-state index >= 15 is 0 Å². The van der Waals surface area contributed by atoms with E-state index in [1.54, 1.807) is 25.4 Å². The van der Waals surface area contributed by atoms with Crippen molar-refractivity contribution in [3.63, 3.8) is 0 Å². The van der Waals surface area contributed by atoms with Crippen LogP contribution in [0, 0.1) is 5.92 Å². The molecule has 0 aliphatic rings. The van der Waals surface area contributed by atoms with Crippen molar-refractivity contribution in [1.29, 1.82) is 0 Å². The number of carbonyl (C=O) groups excluding carboxylic acids is 1. The predicted molar refractivity (Wildman–Crippen MR) is 91.4 cm³/mol. The summed E-state index contributed by atoms with van der Waals surface area (Å²) in [4.78, 5) is 20.1. The second-order valence-corrected chi connectivity index (χ2v) is 5.22. The van der Waals surface area contributed by atoms with Gasteiger partial charge in [-0.25, -0.2) is 0 Å². The van der Waals surface area contributed by atoms with Crippen LogP contribution in [0.5, 0.6) is 0 Å². The van der Waals surface area contributed by atoms with Gasteiger partial charge in [0.2, 0.25) is 17.6 Å². The monoisotopic (exact) mass is 361 g/mol. The van der Waals surface area contributed by atoms with Crippen LogP contribution in [0.3, 0.4) is 0 Å². The lowest BCUT2D eigenvalue weighted by molar-refractivity contribution is -0.123. The molecule has 1 unspecified atom stereocenters. The summed E-state index contributed by atoms with van der Waals surface area (Å²) in [6.45, 7) is 5.54. The average molecular weight is 362 g/mol. The van der Waals surface area contributed by atoms with Gasteiger partial charge in [-0.15, -0.1) is 24.8 Å². The number of carbonyl (C=O) groups is 1. The fourth-order valence-electron chi connectivity index (χ4n) is 1.77. The summed E-state index contributed by atoms with van der Waals surface area (Å²) < 4.78 is 5.28. The topological polar surface area (TPSA) is 107 Å². The van der Waals surface area contributed by atoms with Gasteiger partial charge in [0.05, 0.1) is 6.04 Å². The van der Waals surface area contributed by atoms with E-state index in [-0.39, 0.29) is 42.7 Å². The molecular weight excluding hydrogens is 341 g/mol. The van der Waals surface area contributed by atoms with Crippen LogP contribution in [0.1, 0.15) is 32.7 Å². The van der Waals surface area contributed by atoms with Gasteiger partial charge in [-0.05, 0) is 25.0 Å². The first kappa shape index (κ1) is 21.3. The van der Waals surface area contributed by atoms with Crippen LogP contribution in [-0.4, -0.2) is 27.1 Å². The average Bonchev–Trinajstić information content (AvgIpc) is 2.94. The number of hydrogen-bond acceptors (Lipinski definition) is 6. The molecule has 0 aliphatic carbocycles. The molecule has 3 N–H and O–H groups in total. The van der Waals surface area contributed by atoms with E-state index < -0.39 is 6.04 Å². The minimum atomic E-state index is -0.591.